The summed E-state index contributed by atoms with van der Waals surface area (Å²) in [6, 6.07) is 6.84. The Labute approximate surface area is 114 Å². The average Bonchev–Trinajstić information content (AvgIpc) is 2.38. The van der Waals surface area contributed by atoms with Crippen LogP contribution in [0.4, 0.5) is 0 Å². The van der Waals surface area contributed by atoms with Crippen LogP contribution in [0.1, 0.15) is 37.3 Å². The molecule has 0 bridgehead atoms. The molecule has 0 unspecified atom stereocenters. The molecule has 0 atom stereocenters. The maximum atomic E-state index is 12.0. The van der Waals surface area contributed by atoms with Crippen molar-refractivity contribution < 1.29 is 13.2 Å². The third kappa shape index (κ3) is 4.92. The lowest BCUT2D eigenvalue weighted by Crippen LogP contribution is -2.10. The minimum absolute atomic E-state index is 0.0740. The first-order valence-corrected chi connectivity index (χ1v) is 8.12. The van der Waals surface area contributed by atoms with Crippen molar-refractivity contribution >= 4 is 9.84 Å². The van der Waals surface area contributed by atoms with Crippen LogP contribution in [0.2, 0.25) is 0 Å². The summed E-state index contributed by atoms with van der Waals surface area (Å²) in [5.74, 6) is 0.619. The number of nitriles is 1. The molecule has 5 heteroatoms. The summed E-state index contributed by atoms with van der Waals surface area (Å²) in [5.41, 5.74) is 0.998. The molecule has 0 spiro atoms. The molecule has 1 aromatic carbocycles. The molecule has 0 aliphatic rings. The van der Waals surface area contributed by atoms with Gasteiger partial charge in [0.25, 0.3) is 0 Å². The van der Waals surface area contributed by atoms with E-state index < -0.39 is 9.84 Å². The van der Waals surface area contributed by atoms with Gasteiger partial charge in [0.15, 0.2) is 9.84 Å². The maximum absolute atomic E-state index is 12.0. The van der Waals surface area contributed by atoms with Gasteiger partial charge in [0.1, 0.15) is 5.75 Å². The highest BCUT2D eigenvalue weighted by Gasteiger charge is 2.15. The highest BCUT2D eigenvalue weighted by atomic mass is 32.2. The Morgan fingerprint density at radius 1 is 1.32 bits per heavy atom. The zero-order valence-corrected chi connectivity index (χ0v) is 12.2. The van der Waals surface area contributed by atoms with Gasteiger partial charge in [-0.2, -0.15) is 5.26 Å². The van der Waals surface area contributed by atoms with E-state index in [1.807, 2.05) is 13.0 Å². The van der Waals surface area contributed by atoms with E-state index in [0.717, 1.165) is 12.8 Å². The van der Waals surface area contributed by atoms with Crippen LogP contribution in [0.25, 0.3) is 0 Å². The largest absolute Gasteiger partial charge is 0.496 e. The van der Waals surface area contributed by atoms with Gasteiger partial charge in [-0.1, -0.05) is 19.8 Å². The van der Waals surface area contributed by atoms with Crippen molar-refractivity contribution in [2.45, 2.75) is 31.9 Å². The summed E-state index contributed by atoms with van der Waals surface area (Å²) in [4.78, 5) is 0. The summed E-state index contributed by atoms with van der Waals surface area (Å²) in [5, 5.41) is 8.86. The predicted octanol–water partition coefficient (Wildman–Crippen LogP) is 2.67. The number of benzene rings is 1. The van der Waals surface area contributed by atoms with E-state index in [2.05, 4.69) is 0 Å². The number of rotatable bonds is 7. The van der Waals surface area contributed by atoms with E-state index in [1.165, 1.54) is 7.11 Å². The number of hydrogen-bond acceptors (Lipinski definition) is 4. The second-order valence-corrected chi connectivity index (χ2v) is 6.62. The molecule has 0 aliphatic heterocycles. The first-order valence-electron chi connectivity index (χ1n) is 6.30. The van der Waals surface area contributed by atoms with Crippen molar-refractivity contribution in [2.24, 2.45) is 0 Å². The fourth-order valence-corrected chi connectivity index (χ4v) is 3.33. The van der Waals surface area contributed by atoms with Gasteiger partial charge < -0.3 is 4.74 Å². The third-order valence-corrected chi connectivity index (χ3v) is 4.51. The van der Waals surface area contributed by atoms with Gasteiger partial charge >= 0.3 is 0 Å². The maximum Gasteiger partial charge on any atom is 0.154 e. The van der Waals surface area contributed by atoms with Gasteiger partial charge in [-0.05, 0) is 24.6 Å². The highest BCUT2D eigenvalue weighted by molar-refractivity contribution is 7.90. The van der Waals surface area contributed by atoms with Crippen LogP contribution in [0, 0.1) is 11.3 Å². The molecule has 0 heterocycles. The summed E-state index contributed by atoms with van der Waals surface area (Å²) in [6.45, 7) is 2.03. The number of unbranched alkanes of at least 4 members (excludes halogenated alkanes) is 2. The van der Waals surface area contributed by atoms with Crippen molar-refractivity contribution in [3.63, 3.8) is 0 Å². The molecular formula is C14H19NO3S. The van der Waals surface area contributed by atoms with E-state index in [1.54, 1.807) is 18.2 Å². The quantitative estimate of drug-likeness (QED) is 0.721. The van der Waals surface area contributed by atoms with Crippen molar-refractivity contribution in [3.05, 3.63) is 29.3 Å². The molecule has 104 valence electrons. The van der Waals surface area contributed by atoms with Crippen molar-refractivity contribution in [1.29, 1.82) is 5.26 Å². The van der Waals surface area contributed by atoms with Crippen LogP contribution in [0.3, 0.4) is 0 Å². The summed E-state index contributed by atoms with van der Waals surface area (Å²) >= 11 is 0. The summed E-state index contributed by atoms with van der Waals surface area (Å²) < 4.78 is 29.2. The Balaban J connectivity index is 2.88. The minimum Gasteiger partial charge on any atom is -0.496 e. The summed E-state index contributed by atoms with van der Waals surface area (Å²) in [6.07, 6.45) is 2.58. The zero-order chi connectivity index (χ0) is 14.3. The molecule has 0 saturated carbocycles. The topological polar surface area (TPSA) is 67.2 Å². The van der Waals surface area contributed by atoms with Gasteiger partial charge in [0, 0.05) is 5.56 Å². The molecule has 0 N–H and O–H groups in total. The van der Waals surface area contributed by atoms with Gasteiger partial charge in [0.05, 0.1) is 30.2 Å². The smallest absolute Gasteiger partial charge is 0.154 e. The second-order valence-electron chi connectivity index (χ2n) is 4.44. The first kappa shape index (κ1) is 15.5. The normalized spacial score (nSPS) is 11.0. The molecule has 1 aromatic rings. The van der Waals surface area contributed by atoms with Crippen LogP contribution in [0.15, 0.2) is 18.2 Å². The van der Waals surface area contributed by atoms with E-state index >= 15 is 0 Å². The molecule has 4 nitrogen and oxygen atoms in total. The number of nitrogens with zero attached hydrogens (tertiary/aromatic N) is 1. The van der Waals surface area contributed by atoms with Crippen LogP contribution in [-0.4, -0.2) is 21.3 Å². The number of sulfone groups is 1. The molecule has 0 aliphatic carbocycles. The average molecular weight is 281 g/mol. The lowest BCUT2D eigenvalue weighted by molar-refractivity contribution is 0.411. The molecule has 0 amide bonds. The van der Waals surface area contributed by atoms with Crippen molar-refractivity contribution in [1.82, 2.24) is 0 Å². The first-order chi connectivity index (χ1) is 9.02. The van der Waals surface area contributed by atoms with Crippen LogP contribution >= 0.6 is 0 Å². The SMILES string of the molecule is CCCCCS(=O)(=O)Cc1cc(C#N)ccc1OC. The fraction of sp³-hybridized carbons (Fsp3) is 0.500. The van der Waals surface area contributed by atoms with Gasteiger partial charge in [-0.3, -0.25) is 0 Å². The Kier molecular flexibility index (Phi) is 5.84. The molecule has 0 saturated heterocycles. The molecule has 0 fully saturated rings. The van der Waals surface area contributed by atoms with E-state index in [0.29, 0.717) is 23.3 Å². The minimum atomic E-state index is -3.15. The number of methoxy groups -OCH3 is 1. The predicted molar refractivity (Wildman–Crippen MR) is 74.7 cm³/mol. The third-order valence-electron chi connectivity index (χ3n) is 2.84. The van der Waals surface area contributed by atoms with Gasteiger partial charge in [0.2, 0.25) is 0 Å². The van der Waals surface area contributed by atoms with Crippen molar-refractivity contribution in [2.75, 3.05) is 12.9 Å². The molecule has 1 rings (SSSR count). The molecule has 0 aromatic heterocycles. The number of hydrogen-bond donors (Lipinski definition) is 0. The van der Waals surface area contributed by atoms with E-state index in [-0.39, 0.29) is 11.5 Å². The lowest BCUT2D eigenvalue weighted by Gasteiger charge is -2.09. The fourth-order valence-electron chi connectivity index (χ4n) is 1.84. The monoisotopic (exact) mass is 281 g/mol. The Hall–Kier alpha value is -1.54. The zero-order valence-electron chi connectivity index (χ0n) is 11.3. The van der Waals surface area contributed by atoms with E-state index in [4.69, 9.17) is 10.00 Å². The van der Waals surface area contributed by atoms with Crippen LogP contribution in [-0.2, 0) is 15.6 Å². The molecule has 0 radical (unpaired) electrons. The van der Waals surface area contributed by atoms with E-state index in [9.17, 15) is 8.42 Å². The standard InChI is InChI=1S/C14H19NO3S/c1-3-4-5-8-19(16,17)11-13-9-12(10-15)6-7-14(13)18-2/h6-7,9H,3-5,8,11H2,1-2H3. The van der Waals surface area contributed by atoms with Gasteiger partial charge in [-0.15, -0.1) is 0 Å². The molecular weight excluding hydrogens is 262 g/mol. The van der Waals surface area contributed by atoms with Crippen molar-refractivity contribution in [3.8, 4) is 11.8 Å². The van der Waals surface area contributed by atoms with Gasteiger partial charge in [-0.25, -0.2) is 8.42 Å². The Morgan fingerprint density at radius 3 is 2.63 bits per heavy atom. The lowest BCUT2D eigenvalue weighted by atomic mass is 10.1. The number of ether oxygens (including phenoxy) is 1. The second kappa shape index (κ2) is 7.15. The summed E-state index contributed by atoms with van der Waals surface area (Å²) in [7, 11) is -1.66. The van der Waals surface area contributed by atoms with Crippen LogP contribution in [0.5, 0.6) is 5.75 Å². The Bertz CT molecular complexity index is 559. The van der Waals surface area contributed by atoms with Crippen LogP contribution < -0.4 is 4.74 Å². The Morgan fingerprint density at radius 2 is 2.05 bits per heavy atom. The molecule has 19 heavy (non-hydrogen) atoms. The highest BCUT2D eigenvalue weighted by Crippen LogP contribution is 2.22.